The normalized spacial score (nSPS) is 11.2. The predicted octanol–water partition coefficient (Wildman–Crippen LogP) is 1.85. The Bertz CT molecular complexity index is 904. The Morgan fingerprint density at radius 2 is 2.00 bits per heavy atom. The van der Waals surface area contributed by atoms with Crippen LogP contribution in [0.3, 0.4) is 0 Å². The topological polar surface area (TPSA) is 102 Å². The zero-order valence-corrected chi connectivity index (χ0v) is 14.9. The summed E-state index contributed by atoms with van der Waals surface area (Å²) in [5, 5.41) is 8.64. The van der Waals surface area contributed by atoms with Gasteiger partial charge in [-0.3, -0.25) is 19.9 Å². The van der Waals surface area contributed by atoms with Crippen molar-refractivity contribution in [2.45, 2.75) is 33.6 Å². The van der Waals surface area contributed by atoms with Crippen LogP contribution in [0.4, 0.5) is 0 Å². The molecule has 0 amide bonds. The van der Waals surface area contributed by atoms with E-state index in [1.54, 1.807) is 18.6 Å². The van der Waals surface area contributed by atoms with Gasteiger partial charge in [0.2, 0.25) is 0 Å². The third-order valence-corrected chi connectivity index (χ3v) is 4.52. The molecule has 0 aliphatic rings. The van der Waals surface area contributed by atoms with Crippen LogP contribution >= 0.6 is 0 Å². The van der Waals surface area contributed by atoms with E-state index in [1.165, 1.54) is 16.8 Å². The zero-order valence-electron chi connectivity index (χ0n) is 14.9. The van der Waals surface area contributed by atoms with Gasteiger partial charge in [-0.25, -0.2) is 0 Å². The summed E-state index contributed by atoms with van der Waals surface area (Å²) in [6.45, 7) is 8.29. The molecule has 0 aliphatic heterocycles. The van der Waals surface area contributed by atoms with Gasteiger partial charge in [-0.15, -0.1) is 0 Å². The second kappa shape index (κ2) is 7.48. The van der Waals surface area contributed by atoms with Gasteiger partial charge in [0.15, 0.2) is 0 Å². The van der Waals surface area contributed by atoms with Gasteiger partial charge in [0, 0.05) is 36.4 Å². The molecule has 0 fully saturated rings. The number of likely N-dealkylation sites (N-methyl/N-ethyl adjacent to an activating group) is 1. The number of nitrogens with zero attached hydrogens (tertiary/aromatic N) is 2. The van der Waals surface area contributed by atoms with Crippen molar-refractivity contribution in [1.29, 1.82) is 0 Å². The quantitative estimate of drug-likeness (QED) is 0.493. The van der Waals surface area contributed by atoms with Crippen molar-refractivity contribution in [2.75, 3.05) is 13.1 Å². The Balaban J connectivity index is 1.90. The number of rotatable bonds is 7. The van der Waals surface area contributed by atoms with Gasteiger partial charge in [0.25, 0.3) is 5.56 Å². The lowest BCUT2D eigenvalue weighted by molar-refractivity contribution is 0.713. The van der Waals surface area contributed by atoms with Crippen molar-refractivity contribution in [1.82, 2.24) is 30.5 Å². The molecule has 132 valence electrons. The van der Waals surface area contributed by atoms with Crippen molar-refractivity contribution in [3.63, 3.8) is 0 Å². The maximum Gasteiger partial charge on any atom is 0.273 e. The van der Waals surface area contributed by atoms with E-state index < -0.39 is 0 Å². The second-order valence-electron chi connectivity index (χ2n) is 6.12. The van der Waals surface area contributed by atoms with Crippen LogP contribution in [-0.2, 0) is 12.8 Å². The minimum Gasteiger partial charge on any atom is -0.362 e. The first-order valence-corrected chi connectivity index (χ1v) is 8.55. The highest BCUT2D eigenvalue weighted by Crippen LogP contribution is 2.23. The predicted molar refractivity (Wildman–Crippen MR) is 97.8 cm³/mol. The Kier molecular flexibility index (Phi) is 5.14. The molecule has 0 radical (unpaired) electrons. The highest BCUT2D eigenvalue weighted by atomic mass is 16.1. The SMILES string of the molecule is CCNCCc1c(C)[nH]c(Cc2nccnc2-c2c[nH][nH]c2=O)c1C. The van der Waals surface area contributed by atoms with Crippen molar-refractivity contribution in [3.05, 3.63) is 57.2 Å². The van der Waals surface area contributed by atoms with E-state index in [1.807, 2.05) is 0 Å². The molecular weight excluding hydrogens is 316 g/mol. The first-order chi connectivity index (χ1) is 12.1. The van der Waals surface area contributed by atoms with Crippen molar-refractivity contribution in [2.24, 2.45) is 0 Å². The van der Waals surface area contributed by atoms with E-state index in [4.69, 9.17) is 0 Å². The number of H-pyrrole nitrogens is 3. The molecule has 3 heterocycles. The summed E-state index contributed by atoms with van der Waals surface area (Å²) in [7, 11) is 0. The van der Waals surface area contributed by atoms with Crippen molar-refractivity contribution in [3.8, 4) is 11.3 Å². The molecule has 0 atom stereocenters. The summed E-state index contributed by atoms with van der Waals surface area (Å²) in [6, 6.07) is 0. The Morgan fingerprint density at radius 3 is 2.72 bits per heavy atom. The highest BCUT2D eigenvalue weighted by molar-refractivity contribution is 5.60. The van der Waals surface area contributed by atoms with Crippen LogP contribution in [0.1, 0.15) is 35.1 Å². The van der Waals surface area contributed by atoms with Crippen LogP contribution in [0, 0.1) is 13.8 Å². The van der Waals surface area contributed by atoms with E-state index in [0.717, 1.165) is 30.9 Å². The van der Waals surface area contributed by atoms with E-state index >= 15 is 0 Å². The molecule has 0 bridgehead atoms. The Hall–Kier alpha value is -2.67. The van der Waals surface area contributed by atoms with Gasteiger partial charge in [-0.2, -0.15) is 0 Å². The van der Waals surface area contributed by atoms with E-state index in [0.29, 0.717) is 17.7 Å². The van der Waals surface area contributed by atoms with Gasteiger partial charge < -0.3 is 15.4 Å². The maximum absolute atomic E-state index is 11.9. The molecule has 0 aromatic carbocycles. The molecule has 0 unspecified atom stereocenters. The zero-order chi connectivity index (χ0) is 17.8. The largest absolute Gasteiger partial charge is 0.362 e. The number of aryl methyl sites for hydroxylation is 1. The second-order valence-corrected chi connectivity index (χ2v) is 6.12. The molecule has 0 saturated carbocycles. The number of hydrogen-bond acceptors (Lipinski definition) is 4. The fourth-order valence-corrected chi connectivity index (χ4v) is 3.17. The lowest BCUT2D eigenvalue weighted by Crippen LogP contribution is -2.16. The lowest BCUT2D eigenvalue weighted by Gasteiger charge is -2.06. The van der Waals surface area contributed by atoms with Gasteiger partial charge in [0.05, 0.1) is 17.0 Å². The van der Waals surface area contributed by atoms with E-state index in [9.17, 15) is 4.79 Å². The van der Waals surface area contributed by atoms with Gasteiger partial charge >= 0.3 is 0 Å². The van der Waals surface area contributed by atoms with Crippen LogP contribution in [0.15, 0.2) is 23.4 Å². The van der Waals surface area contributed by atoms with Gasteiger partial charge in [0.1, 0.15) is 0 Å². The van der Waals surface area contributed by atoms with E-state index in [2.05, 4.69) is 51.2 Å². The first-order valence-electron chi connectivity index (χ1n) is 8.55. The van der Waals surface area contributed by atoms with Crippen LogP contribution < -0.4 is 10.9 Å². The standard InChI is InChI=1S/C18H24N6O/c1-4-19-6-5-13-11(2)15(23-12(13)3)9-16-17(21-8-7-20-16)14-10-22-24-18(14)25/h7-8,10,19,23H,4-6,9H2,1-3H3,(H2,22,24,25). The molecular formula is C18H24N6O. The van der Waals surface area contributed by atoms with Crippen molar-refractivity contribution < 1.29 is 0 Å². The van der Waals surface area contributed by atoms with E-state index in [-0.39, 0.29) is 5.56 Å². The summed E-state index contributed by atoms with van der Waals surface area (Å²) in [4.78, 5) is 24.2. The maximum atomic E-state index is 11.9. The Morgan fingerprint density at radius 1 is 1.20 bits per heavy atom. The minimum atomic E-state index is -0.188. The molecule has 4 N–H and O–H groups in total. The summed E-state index contributed by atoms with van der Waals surface area (Å²) in [5.41, 5.74) is 6.65. The van der Waals surface area contributed by atoms with Crippen LogP contribution in [-0.4, -0.2) is 38.2 Å². The summed E-state index contributed by atoms with van der Waals surface area (Å²) in [5.74, 6) is 0. The average molecular weight is 340 g/mol. The molecule has 0 aliphatic carbocycles. The highest BCUT2D eigenvalue weighted by Gasteiger charge is 2.16. The third-order valence-electron chi connectivity index (χ3n) is 4.52. The molecule has 25 heavy (non-hydrogen) atoms. The monoisotopic (exact) mass is 340 g/mol. The fraction of sp³-hybridized carbons (Fsp3) is 0.389. The van der Waals surface area contributed by atoms with Crippen LogP contribution in [0.5, 0.6) is 0 Å². The number of hydrogen-bond donors (Lipinski definition) is 4. The lowest BCUT2D eigenvalue weighted by atomic mass is 10.0. The first kappa shape index (κ1) is 17.2. The number of aromatic nitrogens is 5. The summed E-state index contributed by atoms with van der Waals surface area (Å²) < 4.78 is 0. The molecule has 7 heteroatoms. The Labute approximate surface area is 146 Å². The van der Waals surface area contributed by atoms with Crippen LogP contribution in [0.25, 0.3) is 11.3 Å². The molecule has 3 aromatic heterocycles. The molecule has 0 saturated heterocycles. The fourth-order valence-electron chi connectivity index (χ4n) is 3.17. The number of aromatic amines is 3. The summed E-state index contributed by atoms with van der Waals surface area (Å²) >= 11 is 0. The number of nitrogens with one attached hydrogen (secondary N) is 4. The third kappa shape index (κ3) is 3.56. The van der Waals surface area contributed by atoms with Crippen molar-refractivity contribution >= 4 is 0 Å². The molecule has 3 aromatic rings. The molecule has 7 nitrogen and oxygen atoms in total. The average Bonchev–Trinajstić information content (AvgIpc) is 3.14. The van der Waals surface area contributed by atoms with Crippen LogP contribution in [0.2, 0.25) is 0 Å². The molecule has 0 spiro atoms. The summed E-state index contributed by atoms with van der Waals surface area (Å²) in [6.07, 6.45) is 6.51. The minimum absolute atomic E-state index is 0.188. The molecule has 3 rings (SSSR count). The van der Waals surface area contributed by atoms with Gasteiger partial charge in [-0.05, 0) is 44.5 Å². The van der Waals surface area contributed by atoms with Gasteiger partial charge in [-0.1, -0.05) is 6.92 Å². The smallest absolute Gasteiger partial charge is 0.273 e.